The molecule has 0 amide bonds. The van der Waals surface area contributed by atoms with Crippen molar-refractivity contribution in [2.45, 2.75) is 6.92 Å². The van der Waals surface area contributed by atoms with E-state index in [2.05, 4.69) is 4.98 Å². The zero-order valence-corrected chi connectivity index (χ0v) is 8.88. The third kappa shape index (κ3) is 2.25. The van der Waals surface area contributed by atoms with Crippen LogP contribution in [0.3, 0.4) is 0 Å². The number of rotatable bonds is 3. The first kappa shape index (κ1) is 10.4. The molecule has 3 nitrogen and oxygen atoms in total. The fourth-order valence-corrected chi connectivity index (χ4v) is 1.39. The Morgan fingerprint density at radius 2 is 2.19 bits per heavy atom. The number of carbonyl (C=O) groups is 1. The van der Waals surface area contributed by atoms with Crippen LogP contribution < -0.4 is 4.74 Å². The molecule has 0 N–H and O–H groups in total. The van der Waals surface area contributed by atoms with E-state index in [4.69, 9.17) is 4.74 Å². The second-order valence-corrected chi connectivity index (χ2v) is 3.43. The highest BCUT2D eigenvalue weighted by molar-refractivity contribution is 5.75. The van der Waals surface area contributed by atoms with Crippen LogP contribution >= 0.6 is 0 Å². The Balaban J connectivity index is 2.25. The number of pyridine rings is 1. The van der Waals surface area contributed by atoms with E-state index in [0.717, 1.165) is 17.6 Å². The lowest BCUT2D eigenvalue weighted by Crippen LogP contribution is -1.89. The topological polar surface area (TPSA) is 39.2 Å². The van der Waals surface area contributed by atoms with E-state index >= 15 is 0 Å². The highest BCUT2D eigenvalue weighted by atomic mass is 16.5. The summed E-state index contributed by atoms with van der Waals surface area (Å²) >= 11 is 0. The first-order chi connectivity index (χ1) is 7.79. The van der Waals surface area contributed by atoms with Crippen molar-refractivity contribution in [3.05, 3.63) is 53.9 Å². The van der Waals surface area contributed by atoms with Crippen LogP contribution in [-0.2, 0) is 0 Å². The van der Waals surface area contributed by atoms with Gasteiger partial charge in [-0.05, 0) is 42.8 Å². The van der Waals surface area contributed by atoms with Crippen LogP contribution in [0.25, 0.3) is 0 Å². The highest BCUT2D eigenvalue weighted by Crippen LogP contribution is 2.24. The number of aldehydes is 1. The van der Waals surface area contributed by atoms with E-state index in [1.165, 1.54) is 0 Å². The van der Waals surface area contributed by atoms with Gasteiger partial charge in [-0.2, -0.15) is 0 Å². The summed E-state index contributed by atoms with van der Waals surface area (Å²) < 4.78 is 5.63. The van der Waals surface area contributed by atoms with Crippen LogP contribution in [0.1, 0.15) is 15.9 Å². The second-order valence-electron chi connectivity index (χ2n) is 3.43. The largest absolute Gasteiger partial charge is 0.455 e. The van der Waals surface area contributed by atoms with E-state index in [0.29, 0.717) is 11.3 Å². The molecule has 0 atom stereocenters. The maximum absolute atomic E-state index is 10.6. The van der Waals surface area contributed by atoms with Gasteiger partial charge in [0.2, 0.25) is 0 Å². The van der Waals surface area contributed by atoms with Crippen molar-refractivity contribution in [1.29, 1.82) is 0 Å². The highest BCUT2D eigenvalue weighted by Gasteiger charge is 2.02. The van der Waals surface area contributed by atoms with Crippen molar-refractivity contribution >= 4 is 6.29 Å². The van der Waals surface area contributed by atoms with E-state index in [-0.39, 0.29) is 0 Å². The van der Waals surface area contributed by atoms with Gasteiger partial charge in [0.15, 0.2) is 0 Å². The third-order valence-corrected chi connectivity index (χ3v) is 2.20. The van der Waals surface area contributed by atoms with Crippen molar-refractivity contribution in [2.75, 3.05) is 0 Å². The fraction of sp³-hybridized carbons (Fsp3) is 0.0769. The maximum atomic E-state index is 10.6. The zero-order chi connectivity index (χ0) is 11.4. The zero-order valence-electron chi connectivity index (χ0n) is 8.88. The van der Waals surface area contributed by atoms with Crippen molar-refractivity contribution < 1.29 is 9.53 Å². The number of benzene rings is 1. The predicted molar refractivity (Wildman–Crippen MR) is 60.9 cm³/mol. The molecule has 1 heterocycles. The lowest BCUT2D eigenvalue weighted by molar-refractivity contribution is 0.112. The van der Waals surface area contributed by atoms with Crippen LogP contribution in [0.5, 0.6) is 11.5 Å². The smallest absolute Gasteiger partial charge is 0.150 e. The Labute approximate surface area is 93.7 Å². The molecule has 1 aromatic carbocycles. The van der Waals surface area contributed by atoms with Gasteiger partial charge in [-0.15, -0.1) is 0 Å². The summed E-state index contributed by atoms with van der Waals surface area (Å²) in [6.07, 6.45) is 4.16. The van der Waals surface area contributed by atoms with Gasteiger partial charge in [0.05, 0.1) is 6.20 Å². The summed E-state index contributed by atoms with van der Waals surface area (Å²) in [5.74, 6) is 1.42. The van der Waals surface area contributed by atoms with Crippen molar-refractivity contribution in [1.82, 2.24) is 4.98 Å². The number of carbonyl (C=O) groups excluding carboxylic acids is 1. The molecule has 0 unspecified atom stereocenters. The number of hydrogen-bond donors (Lipinski definition) is 0. The summed E-state index contributed by atoms with van der Waals surface area (Å²) in [7, 11) is 0. The molecule has 0 spiro atoms. The van der Waals surface area contributed by atoms with E-state index in [1.807, 2.05) is 19.1 Å². The van der Waals surface area contributed by atoms with Crippen LogP contribution in [-0.4, -0.2) is 11.3 Å². The van der Waals surface area contributed by atoms with Gasteiger partial charge in [0.25, 0.3) is 0 Å². The Hall–Kier alpha value is -2.16. The lowest BCUT2D eigenvalue weighted by Gasteiger charge is -2.08. The quantitative estimate of drug-likeness (QED) is 0.736. The lowest BCUT2D eigenvalue weighted by atomic mass is 10.1. The number of aryl methyl sites for hydroxylation is 1. The number of ether oxygens (including phenoxy) is 1. The Kier molecular flexibility index (Phi) is 2.96. The van der Waals surface area contributed by atoms with Gasteiger partial charge in [-0.3, -0.25) is 9.78 Å². The van der Waals surface area contributed by atoms with Gasteiger partial charge in [-0.1, -0.05) is 0 Å². The Bertz CT molecular complexity index is 495. The Morgan fingerprint density at radius 3 is 2.81 bits per heavy atom. The molecular weight excluding hydrogens is 202 g/mol. The molecule has 16 heavy (non-hydrogen) atoms. The summed E-state index contributed by atoms with van der Waals surface area (Å²) in [5.41, 5.74) is 1.57. The minimum Gasteiger partial charge on any atom is -0.455 e. The van der Waals surface area contributed by atoms with Gasteiger partial charge < -0.3 is 4.74 Å². The molecule has 0 radical (unpaired) electrons. The first-order valence-corrected chi connectivity index (χ1v) is 4.93. The maximum Gasteiger partial charge on any atom is 0.150 e. The standard InChI is InChI=1S/C13H11NO2/c1-10-7-11(9-15)4-5-13(10)16-12-3-2-6-14-8-12/h2-9H,1H3. The van der Waals surface area contributed by atoms with Gasteiger partial charge in [0, 0.05) is 11.8 Å². The summed E-state index contributed by atoms with van der Waals surface area (Å²) in [5, 5.41) is 0. The first-order valence-electron chi connectivity index (χ1n) is 4.93. The van der Waals surface area contributed by atoms with Crippen LogP contribution in [0.2, 0.25) is 0 Å². The predicted octanol–water partition coefficient (Wildman–Crippen LogP) is 2.99. The van der Waals surface area contributed by atoms with E-state index in [1.54, 1.807) is 30.6 Å². The van der Waals surface area contributed by atoms with Gasteiger partial charge in [-0.25, -0.2) is 0 Å². The summed E-state index contributed by atoms with van der Waals surface area (Å²) in [6, 6.07) is 8.95. The monoisotopic (exact) mass is 213 g/mol. The van der Waals surface area contributed by atoms with Crippen molar-refractivity contribution in [3.63, 3.8) is 0 Å². The fourth-order valence-electron chi connectivity index (χ4n) is 1.39. The molecule has 1 aromatic heterocycles. The molecule has 2 aromatic rings. The average Bonchev–Trinajstić information content (AvgIpc) is 2.33. The number of nitrogens with zero attached hydrogens (tertiary/aromatic N) is 1. The molecule has 3 heteroatoms. The van der Waals surface area contributed by atoms with Crippen LogP contribution in [0.15, 0.2) is 42.7 Å². The summed E-state index contributed by atoms with van der Waals surface area (Å²) in [4.78, 5) is 14.5. The Morgan fingerprint density at radius 1 is 1.31 bits per heavy atom. The molecule has 0 aliphatic rings. The molecule has 0 saturated carbocycles. The van der Waals surface area contributed by atoms with Crippen LogP contribution in [0.4, 0.5) is 0 Å². The third-order valence-electron chi connectivity index (χ3n) is 2.20. The molecule has 0 aliphatic carbocycles. The summed E-state index contributed by atoms with van der Waals surface area (Å²) in [6.45, 7) is 1.90. The van der Waals surface area contributed by atoms with Crippen molar-refractivity contribution in [2.24, 2.45) is 0 Å². The average molecular weight is 213 g/mol. The molecule has 80 valence electrons. The minimum atomic E-state index is 0.649. The molecule has 0 fully saturated rings. The normalized spacial score (nSPS) is 9.81. The molecule has 0 saturated heterocycles. The van der Waals surface area contributed by atoms with Gasteiger partial charge >= 0.3 is 0 Å². The second kappa shape index (κ2) is 4.57. The molecular formula is C13H11NO2. The van der Waals surface area contributed by atoms with E-state index in [9.17, 15) is 4.79 Å². The van der Waals surface area contributed by atoms with Crippen LogP contribution in [0, 0.1) is 6.92 Å². The number of aromatic nitrogens is 1. The SMILES string of the molecule is Cc1cc(C=O)ccc1Oc1cccnc1. The molecule has 2 rings (SSSR count). The molecule has 0 bridgehead atoms. The van der Waals surface area contributed by atoms with Gasteiger partial charge in [0.1, 0.15) is 17.8 Å². The van der Waals surface area contributed by atoms with Crippen molar-refractivity contribution in [3.8, 4) is 11.5 Å². The molecule has 0 aliphatic heterocycles. The minimum absolute atomic E-state index is 0.649. The van der Waals surface area contributed by atoms with E-state index < -0.39 is 0 Å². The number of hydrogen-bond acceptors (Lipinski definition) is 3.